The van der Waals surface area contributed by atoms with Crippen LogP contribution in [-0.2, 0) is 5.75 Å². The maximum atomic E-state index is 10.5. The van der Waals surface area contributed by atoms with Crippen LogP contribution in [0.15, 0.2) is 16.5 Å². The van der Waals surface area contributed by atoms with Gasteiger partial charge in [0.1, 0.15) is 5.76 Å². The van der Waals surface area contributed by atoms with Gasteiger partial charge in [-0.15, -0.1) is 0 Å². The fraction of sp³-hybridized carbons (Fsp3) is 0.444. The van der Waals surface area contributed by atoms with Crippen molar-refractivity contribution in [1.29, 1.82) is 0 Å². The molecule has 1 aliphatic rings. The van der Waals surface area contributed by atoms with Crippen LogP contribution in [-0.4, -0.2) is 16.3 Å². The lowest BCUT2D eigenvalue weighted by atomic mass is 10.4. The second-order valence-corrected chi connectivity index (χ2v) is 4.37. The third-order valence-electron chi connectivity index (χ3n) is 1.86. The fourth-order valence-corrected chi connectivity index (χ4v) is 2.03. The van der Waals surface area contributed by atoms with E-state index in [0.717, 1.165) is 16.8 Å². The van der Waals surface area contributed by atoms with Crippen molar-refractivity contribution in [1.82, 2.24) is 0 Å². The number of furan rings is 1. The molecule has 1 saturated carbocycles. The molecule has 1 aliphatic carbocycles. The third kappa shape index (κ3) is 2.28. The van der Waals surface area contributed by atoms with E-state index in [2.05, 4.69) is 0 Å². The van der Waals surface area contributed by atoms with Gasteiger partial charge in [-0.2, -0.15) is 11.8 Å². The highest BCUT2D eigenvalue weighted by molar-refractivity contribution is 7.99. The monoisotopic (exact) mass is 198 g/mol. The lowest BCUT2D eigenvalue weighted by Gasteiger charge is -1.93. The maximum Gasteiger partial charge on any atom is 0.371 e. The molecule has 1 aromatic rings. The van der Waals surface area contributed by atoms with Gasteiger partial charge in [0.2, 0.25) is 5.76 Å². The molecule has 4 heteroatoms. The molecular weight excluding hydrogens is 188 g/mol. The van der Waals surface area contributed by atoms with Gasteiger partial charge < -0.3 is 9.52 Å². The zero-order chi connectivity index (χ0) is 9.26. The molecule has 0 aliphatic heterocycles. The molecule has 1 N–H and O–H groups in total. The zero-order valence-electron chi connectivity index (χ0n) is 7.03. The van der Waals surface area contributed by atoms with E-state index in [0.29, 0.717) is 0 Å². The molecule has 13 heavy (non-hydrogen) atoms. The molecule has 0 saturated heterocycles. The third-order valence-corrected chi connectivity index (χ3v) is 3.25. The minimum atomic E-state index is -0.998. The Balaban J connectivity index is 1.92. The normalized spacial score (nSPS) is 16.0. The van der Waals surface area contributed by atoms with E-state index >= 15 is 0 Å². The highest BCUT2D eigenvalue weighted by Gasteiger charge is 2.22. The van der Waals surface area contributed by atoms with E-state index in [1.807, 2.05) is 11.8 Å². The summed E-state index contributed by atoms with van der Waals surface area (Å²) >= 11 is 1.83. The van der Waals surface area contributed by atoms with Crippen molar-refractivity contribution in [3.8, 4) is 0 Å². The summed E-state index contributed by atoms with van der Waals surface area (Å²) < 4.78 is 5.10. The molecular formula is C9H10O3S. The molecule has 0 bridgehead atoms. The Morgan fingerprint density at radius 1 is 1.62 bits per heavy atom. The predicted octanol–water partition coefficient (Wildman–Crippen LogP) is 2.37. The van der Waals surface area contributed by atoms with Crippen LogP contribution in [0.3, 0.4) is 0 Å². The SMILES string of the molecule is O=C(O)c1ccc(CSC2CC2)o1. The van der Waals surface area contributed by atoms with Crippen molar-refractivity contribution >= 4 is 17.7 Å². The molecule has 1 fully saturated rings. The standard InChI is InChI=1S/C9H10O3S/c10-9(11)8-4-1-6(12-8)5-13-7-2-3-7/h1,4,7H,2-3,5H2,(H,10,11). The minimum Gasteiger partial charge on any atom is -0.475 e. The van der Waals surface area contributed by atoms with Gasteiger partial charge >= 0.3 is 5.97 Å². The molecule has 0 radical (unpaired) electrons. The summed E-state index contributed by atoms with van der Waals surface area (Å²) in [6.45, 7) is 0. The minimum absolute atomic E-state index is 0.0337. The quantitative estimate of drug-likeness (QED) is 0.807. The van der Waals surface area contributed by atoms with E-state index in [1.165, 1.54) is 18.9 Å². The van der Waals surface area contributed by atoms with Crippen LogP contribution in [0, 0.1) is 0 Å². The Morgan fingerprint density at radius 2 is 2.38 bits per heavy atom. The van der Waals surface area contributed by atoms with Crippen LogP contribution in [0.25, 0.3) is 0 Å². The molecule has 1 aromatic heterocycles. The van der Waals surface area contributed by atoms with E-state index < -0.39 is 5.97 Å². The number of aromatic carboxylic acids is 1. The first-order valence-electron chi connectivity index (χ1n) is 4.19. The largest absolute Gasteiger partial charge is 0.475 e. The van der Waals surface area contributed by atoms with Crippen LogP contribution >= 0.6 is 11.8 Å². The summed E-state index contributed by atoms with van der Waals surface area (Å²) in [7, 11) is 0. The van der Waals surface area contributed by atoms with Gasteiger partial charge in [0, 0.05) is 5.25 Å². The number of carboxylic acid groups (broad SMARTS) is 1. The first-order valence-corrected chi connectivity index (χ1v) is 5.24. The van der Waals surface area contributed by atoms with Gasteiger partial charge in [0.25, 0.3) is 0 Å². The molecule has 2 rings (SSSR count). The van der Waals surface area contributed by atoms with Crippen LogP contribution in [0.5, 0.6) is 0 Å². The average molecular weight is 198 g/mol. The van der Waals surface area contributed by atoms with Gasteiger partial charge in [-0.3, -0.25) is 0 Å². The smallest absolute Gasteiger partial charge is 0.371 e. The van der Waals surface area contributed by atoms with E-state index in [1.54, 1.807) is 6.07 Å². The Labute approximate surface area is 80.1 Å². The average Bonchev–Trinajstić information content (AvgIpc) is 2.79. The number of carboxylic acids is 1. The highest BCUT2D eigenvalue weighted by Crippen LogP contribution is 2.36. The lowest BCUT2D eigenvalue weighted by Crippen LogP contribution is -1.91. The maximum absolute atomic E-state index is 10.5. The van der Waals surface area contributed by atoms with E-state index in [9.17, 15) is 4.79 Å². The predicted molar refractivity (Wildman–Crippen MR) is 50.0 cm³/mol. The van der Waals surface area contributed by atoms with Crippen molar-refractivity contribution in [2.45, 2.75) is 23.8 Å². The fourth-order valence-electron chi connectivity index (χ4n) is 1.01. The summed E-state index contributed by atoms with van der Waals surface area (Å²) in [5.41, 5.74) is 0. The highest BCUT2D eigenvalue weighted by atomic mass is 32.2. The Kier molecular flexibility index (Phi) is 2.31. The molecule has 1 heterocycles. The Morgan fingerprint density at radius 3 is 2.92 bits per heavy atom. The lowest BCUT2D eigenvalue weighted by molar-refractivity contribution is 0.0661. The van der Waals surface area contributed by atoms with Gasteiger partial charge in [0.15, 0.2) is 0 Å². The van der Waals surface area contributed by atoms with Gasteiger partial charge in [-0.1, -0.05) is 0 Å². The van der Waals surface area contributed by atoms with Crippen molar-refractivity contribution in [2.24, 2.45) is 0 Å². The van der Waals surface area contributed by atoms with Gasteiger partial charge in [-0.25, -0.2) is 4.79 Å². The molecule has 0 unspecified atom stereocenters. The number of rotatable bonds is 4. The van der Waals surface area contributed by atoms with Crippen molar-refractivity contribution < 1.29 is 14.3 Å². The van der Waals surface area contributed by atoms with Crippen LogP contribution in [0.4, 0.5) is 0 Å². The Bertz CT molecular complexity index is 314. The van der Waals surface area contributed by atoms with Gasteiger partial charge in [-0.05, 0) is 25.0 Å². The van der Waals surface area contributed by atoms with Crippen molar-refractivity contribution in [3.63, 3.8) is 0 Å². The molecule has 0 amide bonds. The molecule has 70 valence electrons. The summed E-state index contributed by atoms with van der Waals surface area (Å²) in [5.74, 6) is 0.584. The van der Waals surface area contributed by atoms with Crippen LogP contribution < -0.4 is 0 Å². The topological polar surface area (TPSA) is 50.4 Å². The number of thioether (sulfide) groups is 1. The van der Waals surface area contributed by atoms with Crippen molar-refractivity contribution in [2.75, 3.05) is 0 Å². The first kappa shape index (κ1) is 8.69. The molecule has 0 spiro atoms. The molecule has 0 atom stereocenters. The second-order valence-electron chi connectivity index (χ2n) is 3.08. The van der Waals surface area contributed by atoms with Crippen molar-refractivity contribution in [3.05, 3.63) is 23.7 Å². The van der Waals surface area contributed by atoms with E-state index in [-0.39, 0.29) is 5.76 Å². The van der Waals surface area contributed by atoms with Gasteiger partial charge in [0.05, 0.1) is 5.75 Å². The summed E-state index contributed by atoms with van der Waals surface area (Å²) in [6.07, 6.45) is 2.58. The van der Waals surface area contributed by atoms with Crippen LogP contribution in [0.1, 0.15) is 29.2 Å². The molecule has 3 nitrogen and oxygen atoms in total. The number of hydrogen-bond acceptors (Lipinski definition) is 3. The number of hydrogen-bond donors (Lipinski definition) is 1. The first-order chi connectivity index (χ1) is 6.25. The second kappa shape index (κ2) is 3.46. The summed E-state index contributed by atoms with van der Waals surface area (Å²) in [4.78, 5) is 10.5. The number of carbonyl (C=O) groups is 1. The zero-order valence-corrected chi connectivity index (χ0v) is 7.84. The molecule has 0 aromatic carbocycles. The Hall–Kier alpha value is -0.900. The summed E-state index contributed by atoms with van der Waals surface area (Å²) in [6, 6.07) is 3.24. The van der Waals surface area contributed by atoms with E-state index in [4.69, 9.17) is 9.52 Å². The summed E-state index contributed by atoms with van der Waals surface area (Å²) in [5, 5.41) is 9.36. The van der Waals surface area contributed by atoms with Crippen LogP contribution in [0.2, 0.25) is 0 Å².